The van der Waals surface area contributed by atoms with E-state index in [4.69, 9.17) is 0 Å². The van der Waals surface area contributed by atoms with E-state index < -0.39 is 0 Å². The molecule has 0 saturated heterocycles. The van der Waals surface area contributed by atoms with E-state index in [1.165, 1.54) is 0 Å². The van der Waals surface area contributed by atoms with Gasteiger partial charge in [0.1, 0.15) is 0 Å². The molecule has 1 unspecified atom stereocenters. The molecule has 0 amide bonds. The second-order valence-corrected chi connectivity index (χ2v) is 3.26. The van der Waals surface area contributed by atoms with Crippen molar-refractivity contribution in [3.8, 4) is 0 Å². The number of Topliss-reactive ketones (excluding diaryl/α,β-unsaturated/α-hetero) is 1. The quantitative estimate of drug-likeness (QED) is 0.699. The van der Waals surface area contributed by atoms with Gasteiger partial charge in [0.25, 0.3) is 0 Å². The standard InChI is InChI=1S/C10H14N2O/c1-8(13)10(12(2)3)9-4-6-11-7-5-9/h4-7,10H,1-3H3. The van der Waals surface area contributed by atoms with Crippen LogP contribution < -0.4 is 0 Å². The van der Waals surface area contributed by atoms with Gasteiger partial charge in [-0.15, -0.1) is 0 Å². The molecule has 0 spiro atoms. The van der Waals surface area contributed by atoms with Gasteiger partial charge in [0.2, 0.25) is 0 Å². The fourth-order valence-corrected chi connectivity index (χ4v) is 1.44. The smallest absolute Gasteiger partial charge is 0.151 e. The fourth-order valence-electron chi connectivity index (χ4n) is 1.44. The topological polar surface area (TPSA) is 33.2 Å². The molecule has 0 saturated carbocycles. The first-order valence-corrected chi connectivity index (χ1v) is 4.19. The Morgan fingerprint density at radius 2 is 1.92 bits per heavy atom. The number of hydrogen-bond donors (Lipinski definition) is 0. The number of pyridine rings is 1. The molecule has 1 aromatic heterocycles. The van der Waals surface area contributed by atoms with Gasteiger partial charge in [-0.1, -0.05) is 0 Å². The molecule has 1 atom stereocenters. The van der Waals surface area contributed by atoms with Gasteiger partial charge < -0.3 is 0 Å². The van der Waals surface area contributed by atoms with E-state index in [-0.39, 0.29) is 11.8 Å². The van der Waals surface area contributed by atoms with Crippen molar-refractivity contribution >= 4 is 5.78 Å². The SMILES string of the molecule is CC(=O)C(c1ccncc1)N(C)C. The minimum atomic E-state index is -0.150. The first-order valence-electron chi connectivity index (χ1n) is 4.19. The fraction of sp³-hybridized carbons (Fsp3) is 0.400. The van der Waals surface area contributed by atoms with Crippen LogP contribution in [0.3, 0.4) is 0 Å². The summed E-state index contributed by atoms with van der Waals surface area (Å²) in [6, 6.07) is 3.58. The molecule has 0 N–H and O–H groups in total. The molecule has 0 fully saturated rings. The summed E-state index contributed by atoms with van der Waals surface area (Å²) in [4.78, 5) is 17.1. The van der Waals surface area contributed by atoms with Gasteiger partial charge >= 0.3 is 0 Å². The highest BCUT2D eigenvalue weighted by atomic mass is 16.1. The van der Waals surface area contributed by atoms with Crippen molar-refractivity contribution < 1.29 is 4.79 Å². The molecule has 13 heavy (non-hydrogen) atoms. The van der Waals surface area contributed by atoms with Crippen molar-refractivity contribution in [2.45, 2.75) is 13.0 Å². The van der Waals surface area contributed by atoms with Gasteiger partial charge in [0.05, 0.1) is 6.04 Å². The molecule has 0 radical (unpaired) electrons. The Hall–Kier alpha value is -1.22. The zero-order chi connectivity index (χ0) is 9.84. The lowest BCUT2D eigenvalue weighted by Crippen LogP contribution is -2.25. The summed E-state index contributed by atoms with van der Waals surface area (Å²) in [7, 11) is 3.79. The summed E-state index contributed by atoms with van der Waals surface area (Å²) < 4.78 is 0. The van der Waals surface area contributed by atoms with Crippen LogP contribution in [0.5, 0.6) is 0 Å². The van der Waals surface area contributed by atoms with E-state index in [1.54, 1.807) is 19.3 Å². The number of ketones is 1. The van der Waals surface area contributed by atoms with Gasteiger partial charge in [-0.25, -0.2) is 0 Å². The molecule has 3 nitrogen and oxygen atoms in total. The second kappa shape index (κ2) is 4.14. The van der Waals surface area contributed by atoms with Crippen molar-refractivity contribution in [1.29, 1.82) is 0 Å². The number of likely N-dealkylation sites (N-methyl/N-ethyl adjacent to an activating group) is 1. The van der Waals surface area contributed by atoms with Gasteiger partial charge in [0, 0.05) is 12.4 Å². The predicted molar refractivity (Wildman–Crippen MR) is 51.3 cm³/mol. The summed E-state index contributed by atoms with van der Waals surface area (Å²) in [6.07, 6.45) is 3.41. The van der Waals surface area contributed by atoms with E-state index in [9.17, 15) is 4.79 Å². The first-order chi connectivity index (χ1) is 6.13. The highest BCUT2D eigenvalue weighted by Gasteiger charge is 2.18. The summed E-state index contributed by atoms with van der Waals surface area (Å²) in [6.45, 7) is 1.60. The minimum Gasteiger partial charge on any atom is -0.298 e. The molecule has 1 heterocycles. The number of nitrogens with zero attached hydrogens (tertiary/aromatic N) is 2. The van der Waals surface area contributed by atoms with E-state index in [0.717, 1.165) is 5.56 Å². The minimum absolute atomic E-state index is 0.149. The lowest BCUT2D eigenvalue weighted by molar-refractivity contribution is -0.121. The van der Waals surface area contributed by atoms with Crippen molar-refractivity contribution in [2.24, 2.45) is 0 Å². The van der Waals surface area contributed by atoms with Crippen molar-refractivity contribution in [2.75, 3.05) is 14.1 Å². The average molecular weight is 178 g/mol. The van der Waals surface area contributed by atoms with Crippen LogP contribution in [0.4, 0.5) is 0 Å². The summed E-state index contributed by atoms with van der Waals surface area (Å²) in [5.41, 5.74) is 0.993. The number of carbonyl (C=O) groups excluding carboxylic acids is 1. The molecule has 1 rings (SSSR count). The van der Waals surface area contributed by atoms with Crippen molar-refractivity contribution in [3.63, 3.8) is 0 Å². The molecular formula is C10H14N2O. The van der Waals surface area contributed by atoms with E-state index in [1.807, 2.05) is 31.1 Å². The van der Waals surface area contributed by atoms with E-state index in [2.05, 4.69) is 4.98 Å². The maximum Gasteiger partial charge on any atom is 0.151 e. The highest BCUT2D eigenvalue weighted by molar-refractivity contribution is 5.82. The van der Waals surface area contributed by atoms with Crippen molar-refractivity contribution in [1.82, 2.24) is 9.88 Å². The summed E-state index contributed by atoms with van der Waals surface area (Å²) in [5.74, 6) is 0.149. The average Bonchev–Trinajstić information content (AvgIpc) is 2.04. The van der Waals surface area contributed by atoms with Crippen LogP contribution >= 0.6 is 0 Å². The Labute approximate surface area is 78.4 Å². The molecule has 0 aromatic carbocycles. The number of hydrogen-bond acceptors (Lipinski definition) is 3. The third-order valence-corrected chi connectivity index (χ3v) is 1.92. The lowest BCUT2D eigenvalue weighted by atomic mass is 10.0. The van der Waals surface area contributed by atoms with Crippen molar-refractivity contribution in [3.05, 3.63) is 30.1 Å². The normalized spacial score (nSPS) is 12.9. The molecule has 3 heteroatoms. The van der Waals surface area contributed by atoms with Crippen LogP contribution in [-0.4, -0.2) is 29.8 Å². The van der Waals surface area contributed by atoms with E-state index >= 15 is 0 Å². The third-order valence-electron chi connectivity index (χ3n) is 1.92. The van der Waals surface area contributed by atoms with Crippen LogP contribution in [0, 0.1) is 0 Å². The molecule has 0 bridgehead atoms. The Kier molecular flexibility index (Phi) is 3.14. The highest BCUT2D eigenvalue weighted by Crippen LogP contribution is 2.17. The Balaban J connectivity index is 2.96. The third kappa shape index (κ3) is 2.36. The van der Waals surface area contributed by atoms with Gasteiger partial charge in [-0.3, -0.25) is 14.7 Å². The Bertz CT molecular complexity index is 282. The predicted octanol–water partition coefficient (Wildman–Crippen LogP) is 1.27. The molecule has 1 aromatic rings. The Morgan fingerprint density at radius 3 is 2.31 bits per heavy atom. The molecule has 0 aliphatic heterocycles. The molecule has 0 aliphatic carbocycles. The zero-order valence-corrected chi connectivity index (χ0v) is 8.19. The lowest BCUT2D eigenvalue weighted by Gasteiger charge is -2.21. The van der Waals surface area contributed by atoms with Gasteiger partial charge in [0.15, 0.2) is 5.78 Å². The molecular weight excluding hydrogens is 164 g/mol. The first kappa shape index (κ1) is 9.86. The van der Waals surface area contributed by atoms with Crippen LogP contribution in [0.15, 0.2) is 24.5 Å². The number of aromatic nitrogens is 1. The summed E-state index contributed by atoms with van der Waals surface area (Å²) in [5, 5.41) is 0. The maximum absolute atomic E-state index is 11.3. The zero-order valence-electron chi connectivity index (χ0n) is 8.19. The van der Waals surface area contributed by atoms with Crippen LogP contribution in [0.2, 0.25) is 0 Å². The van der Waals surface area contributed by atoms with Crippen LogP contribution in [0.1, 0.15) is 18.5 Å². The number of carbonyl (C=O) groups is 1. The Morgan fingerprint density at radius 1 is 1.38 bits per heavy atom. The van der Waals surface area contributed by atoms with Crippen LogP contribution in [-0.2, 0) is 4.79 Å². The summed E-state index contributed by atoms with van der Waals surface area (Å²) >= 11 is 0. The van der Waals surface area contributed by atoms with Gasteiger partial charge in [-0.2, -0.15) is 0 Å². The molecule has 70 valence electrons. The monoisotopic (exact) mass is 178 g/mol. The maximum atomic E-state index is 11.3. The van der Waals surface area contributed by atoms with E-state index in [0.29, 0.717) is 0 Å². The second-order valence-electron chi connectivity index (χ2n) is 3.26. The van der Waals surface area contributed by atoms with Gasteiger partial charge in [-0.05, 0) is 38.7 Å². The number of rotatable bonds is 3. The molecule has 0 aliphatic rings. The van der Waals surface area contributed by atoms with Crippen LogP contribution in [0.25, 0.3) is 0 Å². The largest absolute Gasteiger partial charge is 0.298 e.